The molecule has 332 valence electrons. The molecule has 59 heavy (non-hydrogen) atoms. The SMILES string of the molecule is C.C=C(C)[C@@H]1CC[C@]2(CCCCCCN3CCN(Cc4ccccc4)CC3)CC[C@]3(C)[C@H](CC[C@@H]4[C@@]5(C)CC[C@H](OC(=O)CC(C)C)C(C)(C)[C@@H]5CC[C@]43C)[C@@H]12.O=C=O. The number of hydrogen-bond donors (Lipinski definition) is 0. The quantitative estimate of drug-likeness (QED) is 0.112. The second-order valence-corrected chi connectivity index (χ2v) is 22.3. The Morgan fingerprint density at radius 2 is 1.46 bits per heavy atom. The van der Waals surface area contributed by atoms with E-state index >= 15 is 0 Å². The smallest absolute Gasteiger partial charge is 0.373 e. The predicted octanol–water partition coefficient (Wildman–Crippen LogP) is 12.4. The molecule has 1 aromatic rings. The fourth-order valence-electron chi connectivity index (χ4n) is 15.6. The van der Waals surface area contributed by atoms with E-state index in [2.05, 4.69) is 102 Å². The van der Waals surface area contributed by atoms with E-state index in [1.54, 1.807) is 0 Å². The molecule has 10 atom stereocenters. The van der Waals surface area contributed by atoms with Gasteiger partial charge in [0.1, 0.15) is 6.10 Å². The van der Waals surface area contributed by atoms with Crippen molar-refractivity contribution in [1.29, 1.82) is 0 Å². The summed E-state index contributed by atoms with van der Waals surface area (Å²) in [6, 6.07) is 11.0. The van der Waals surface area contributed by atoms with Gasteiger partial charge in [0.2, 0.25) is 0 Å². The van der Waals surface area contributed by atoms with E-state index in [1.165, 1.54) is 134 Å². The van der Waals surface area contributed by atoms with E-state index in [-0.39, 0.29) is 31.1 Å². The molecule has 0 amide bonds. The highest BCUT2D eigenvalue weighted by Crippen LogP contribution is 2.78. The molecular formula is C53H86N2O4. The summed E-state index contributed by atoms with van der Waals surface area (Å²) in [4.78, 5) is 34.5. The van der Waals surface area contributed by atoms with Gasteiger partial charge in [-0.25, -0.2) is 0 Å². The van der Waals surface area contributed by atoms with Crippen molar-refractivity contribution in [3.05, 3.63) is 48.0 Å². The summed E-state index contributed by atoms with van der Waals surface area (Å²) in [5, 5.41) is 0. The number of esters is 1. The summed E-state index contributed by atoms with van der Waals surface area (Å²) in [6.07, 6.45) is 21.3. The molecule has 1 aliphatic heterocycles. The number of allylic oxidation sites excluding steroid dienone is 1. The Morgan fingerprint density at radius 1 is 0.797 bits per heavy atom. The largest absolute Gasteiger partial charge is 0.462 e. The first-order chi connectivity index (χ1) is 27.5. The minimum absolute atomic E-state index is 0. The summed E-state index contributed by atoms with van der Waals surface area (Å²) in [5.74, 6) is 4.11. The first-order valence-electron chi connectivity index (χ1n) is 23.9. The van der Waals surface area contributed by atoms with Crippen molar-refractivity contribution in [2.24, 2.45) is 62.6 Å². The lowest BCUT2D eigenvalue weighted by molar-refractivity contribution is -0.250. The molecular weight excluding hydrogens is 729 g/mol. The zero-order valence-electron chi connectivity index (χ0n) is 38.2. The first-order valence-corrected chi connectivity index (χ1v) is 23.9. The molecule has 0 radical (unpaired) electrons. The van der Waals surface area contributed by atoms with Crippen molar-refractivity contribution in [2.45, 2.75) is 178 Å². The third kappa shape index (κ3) is 9.41. The Bertz CT molecular complexity index is 1580. The summed E-state index contributed by atoms with van der Waals surface area (Å²) in [6.45, 7) is 31.8. The Labute approximate surface area is 361 Å². The predicted molar refractivity (Wildman–Crippen MR) is 241 cm³/mol. The number of hydrogen-bond acceptors (Lipinski definition) is 6. The molecule has 6 fully saturated rings. The number of rotatable bonds is 13. The molecule has 6 heteroatoms. The molecule has 1 aromatic carbocycles. The number of piperazine rings is 1. The number of unbranched alkanes of at least 4 members (excludes halogenated alkanes) is 3. The van der Waals surface area contributed by atoms with Gasteiger partial charge in [-0.2, -0.15) is 9.59 Å². The number of ether oxygens (including phenoxy) is 1. The second kappa shape index (κ2) is 19.4. The van der Waals surface area contributed by atoms with Gasteiger partial charge in [0.25, 0.3) is 0 Å². The molecule has 0 aromatic heterocycles. The van der Waals surface area contributed by atoms with Crippen LogP contribution >= 0.6 is 0 Å². The lowest BCUT2D eigenvalue weighted by Crippen LogP contribution is -2.66. The fraction of sp³-hybridized carbons (Fsp3) is 0.811. The molecule has 7 rings (SSSR count). The molecule has 0 N–H and O–H groups in total. The van der Waals surface area contributed by atoms with E-state index in [4.69, 9.17) is 14.3 Å². The second-order valence-electron chi connectivity index (χ2n) is 22.3. The molecule has 6 nitrogen and oxygen atoms in total. The van der Waals surface area contributed by atoms with Crippen LogP contribution < -0.4 is 0 Å². The van der Waals surface area contributed by atoms with Crippen LogP contribution in [0, 0.1) is 62.6 Å². The van der Waals surface area contributed by atoms with Crippen molar-refractivity contribution in [3.63, 3.8) is 0 Å². The number of carbonyl (C=O) groups excluding carboxylic acids is 3. The van der Waals surface area contributed by atoms with Crippen LogP contribution in [0.5, 0.6) is 0 Å². The van der Waals surface area contributed by atoms with Gasteiger partial charge in [-0.05, 0) is 153 Å². The standard InChI is InChI=1S/C51H82N2O2.CO2.CH4/c1-37(2)35-45(54)55-44-23-25-48(7)42(47(44,5)6)22-26-50(9)43(48)20-19-41-46-40(38(3)4)21-27-51(46,29-28-49(41,50)8)24-15-10-11-16-30-52-31-33-53(34-32-52)36-39-17-13-12-14-18-39;2-1-3;/h12-14,17-18,37,40-44,46H,3,10-11,15-16,19-36H2,1-2,4-9H3;;1H4/t40-,41+,42-,43+,44-,46+,48-,49+,50+,51+;;/m0../s1. The maximum Gasteiger partial charge on any atom is 0.373 e. The monoisotopic (exact) mass is 815 g/mol. The van der Waals surface area contributed by atoms with E-state index in [9.17, 15) is 4.79 Å². The molecule has 0 unspecified atom stereocenters. The molecule has 0 spiro atoms. The van der Waals surface area contributed by atoms with Crippen molar-refractivity contribution < 1.29 is 19.1 Å². The number of benzene rings is 1. The molecule has 5 aliphatic carbocycles. The van der Waals surface area contributed by atoms with E-state index in [1.807, 2.05) is 0 Å². The fourth-order valence-corrected chi connectivity index (χ4v) is 15.6. The average molecular weight is 815 g/mol. The average Bonchev–Trinajstić information content (AvgIpc) is 3.56. The summed E-state index contributed by atoms with van der Waals surface area (Å²) >= 11 is 0. The minimum atomic E-state index is 0. The zero-order chi connectivity index (χ0) is 41.9. The highest BCUT2D eigenvalue weighted by Gasteiger charge is 2.71. The molecule has 5 saturated carbocycles. The van der Waals surface area contributed by atoms with Crippen LogP contribution in [0.25, 0.3) is 0 Å². The van der Waals surface area contributed by atoms with Gasteiger partial charge in [-0.1, -0.05) is 118 Å². The van der Waals surface area contributed by atoms with Crippen LogP contribution in [0.1, 0.15) is 171 Å². The Morgan fingerprint density at radius 3 is 2.12 bits per heavy atom. The van der Waals surface area contributed by atoms with E-state index in [0.717, 1.165) is 30.7 Å². The minimum Gasteiger partial charge on any atom is -0.462 e. The topological polar surface area (TPSA) is 66.9 Å². The summed E-state index contributed by atoms with van der Waals surface area (Å²) < 4.78 is 6.32. The summed E-state index contributed by atoms with van der Waals surface area (Å²) in [5.41, 5.74) is 4.57. The lowest BCUT2D eigenvalue weighted by atomic mass is 9.32. The van der Waals surface area contributed by atoms with E-state index < -0.39 is 0 Å². The zero-order valence-corrected chi connectivity index (χ0v) is 38.2. The third-order valence-electron chi connectivity index (χ3n) is 18.6. The van der Waals surface area contributed by atoms with Crippen LogP contribution in [-0.4, -0.2) is 60.7 Å². The van der Waals surface area contributed by atoms with Crippen LogP contribution in [0.4, 0.5) is 0 Å². The lowest BCUT2D eigenvalue weighted by Gasteiger charge is -2.73. The highest BCUT2D eigenvalue weighted by molar-refractivity contribution is 5.69. The number of carbonyl (C=O) groups is 1. The summed E-state index contributed by atoms with van der Waals surface area (Å²) in [7, 11) is 0. The van der Waals surface area contributed by atoms with Crippen LogP contribution in [-0.2, 0) is 25.7 Å². The van der Waals surface area contributed by atoms with Gasteiger partial charge in [0.15, 0.2) is 0 Å². The normalized spacial score (nSPS) is 37.6. The Balaban J connectivity index is 0.00000160. The maximum absolute atomic E-state index is 12.9. The number of nitrogens with zero attached hydrogens (tertiary/aromatic N) is 2. The Hall–Kier alpha value is -2.27. The van der Waals surface area contributed by atoms with Gasteiger partial charge in [-0.3, -0.25) is 9.69 Å². The van der Waals surface area contributed by atoms with Crippen LogP contribution in [0.2, 0.25) is 0 Å². The molecule has 1 saturated heterocycles. The van der Waals surface area contributed by atoms with Crippen molar-refractivity contribution in [3.8, 4) is 0 Å². The molecule has 6 aliphatic rings. The van der Waals surface area contributed by atoms with Gasteiger partial charge in [-0.15, -0.1) is 0 Å². The van der Waals surface area contributed by atoms with Crippen molar-refractivity contribution in [1.82, 2.24) is 9.80 Å². The van der Waals surface area contributed by atoms with Crippen molar-refractivity contribution >= 4 is 12.1 Å². The van der Waals surface area contributed by atoms with Gasteiger partial charge in [0, 0.05) is 44.6 Å². The highest BCUT2D eigenvalue weighted by atomic mass is 16.5. The number of fused-ring (bicyclic) bond motifs is 7. The Kier molecular flexibility index (Phi) is 15.7. The van der Waals surface area contributed by atoms with Crippen LogP contribution in [0.3, 0.4) is 0 Å². The molecule has 1 heterocycles. The maximum atomic E-state index is 12.9. The first kappa shape index (κ1) is 47.8. The van der Waals surface area contributed by atoms with Crippen molar-refractivity contribution in [2.75, 3.05) is 32.7 Å². The van der Waals surface area contributed by atoms with Gasteiger partial charge in [0.05, 0.1) is 0 Å². The van der Waals surface area contributed by atoms with Crippen LogP contribution in [0.15, 0.2) is 42.5 Å². The third-order valence-corrected chi connectivity index (χ3v) is 18.6. The van der Waals surface area contributed by atoms with E-state index in [0.29, 0.717) is 45.8 Å². The van der Waals surface area contributed by atoms with Gasteiger partial charge < -0.3 is 9.64 Å². The molecule has 0 bridgehead atoms. The van der Waals surface area contributed by atoms with Gasteiger partial charge >= 0.3 is 12.1 Å².